The van der Waals surface area contributed by atoms with Crippen molar-refractivity contribution in [2.24, 2.45) is 0 Å². The number of hydrogen-bond donors (Lipinski definition) is 3. The second-order valence-electron chi connectivity index (χ2n) is 3.83. The van der Waals surface area contributed by atoms with Gasteiger partial charge in [-0.2, -0.15) is 0 Å². The molecule has 0 fully saturated rings. The molecule has 1 atom stereocenters. The predicted molar refractivity (Wildman–Crippen MR) is 67.9 cm³/mol. The lowest BCUT2D eigenvalue weighted by atomic mass is 10.2. The standard InChI is InChI=1S/C12H17N3O4/c1-3-9(11(16)17)15-12(18)14-7-8-4-5-10(19-2)13-6-8/h4-6,9H,3,7H2,1-2H3,(H,16,17)(H2,14,15,18)/t9-/m0/s1. The number of rotatable bonds is 6. The molecule has 3 N–H and O–H groups in total. The molecule has 0 radical (unpaired) electrons. The second-order valence-corrected chi connectivity index (χ2v) is 3.83. The first-order valence-corrected chi connectivity index (χ1v) is 5.83. The van der Waals surface area contributed by atoms with Crippen LogP contribution in [0.4, 0.5) is 4.79 Å². The van der Waals surface area contributed by atoms with Gasteiger partial charge in [0.1, 0.15) is 6.04 Å². The zero-order chi connectivity index (χ0) is 14.3. The first-order valence-electron chi connectivity index (χ1n) is 5.83. The summed E-state index contributed by atoms with van der Waals surface area (Å²) in [6.45, 7) is 1.95. The van der Waals surface area contributed by atoms with Crippen molar-refractivity contribution in [3.63, 3.8) is 0 Å². The Balaban J connectivity index is 2.42. The van der Waals surface area contributed by atoms with E-state index in [1.807, 2.05) is 0 Å². The number of aromatic nitrogens is 1. The summed E-state index contributed by atoms with van der Waals surface area (Å²) < 4.78 is 4.91. The highest BCUT2D eigenvalue weighted by molar-refractivity contribution is 5.82. The number of methoxy groups -OCH3 is 1. The van der Waals surface area contributed by atoms with Crippen molar-refractivity contribution in [2.75, 3.05) is 7.11 Å². The van der Waals surface area contributed by atoms with Crippen LogP contribution in [0.3, 0.4) is 0 Å². The number of ether oxygens (including phenoxy) is 1. The van der Waals surface area contributed by atoms with E-state index in [9.17, 15) is 9.59 Å². The van der Waals surface area contributed by atoms with Crippen LogP contribution in [0.1, 0.15) is 18.9 Å². The summed E-state index contributed by atoms with van der Waals surface area (Å²) in [5.74, 6) is -0.561. The van der Waals surface area contributed by atoms with Crippen LogP contribution in [-0.4, -0.2) is 35.2 Å². The number of hydrogen-bond acceptors (Lipinski definition) is 4. The first-order chi connectivity index (χ1) is 9.06. The van der Waals surface area contributed by atoms with E-state index in [-0.39, 0.29) is 6.54 Å². The number of nitrogens with zero attached hydrogens (tertiary/aromatic N) is 1. The van der Waals surface area contributed by atoms with E-state index in [1.165, 1.54) is 7.11 Å². The molecule has 2 amide bonds. The van der Waals surface area contributed by atoms with Crippen molar-refractivity contribution in [1.29, 1.82) is 0 Å². The fraction of sp³-hybridized carbons (Fsp3) is 0.417. The van der Waals surface area contributed by atoms with Crippen LogP contribution in [0, 0.1) is 0 Å². The highest BCUT2D eigenvalue weighted by Gasteiger charge is 2.16. The maximum absolute atomic E-state index is 11.5. The van der Waals surface area contributed by atoms with E-state index in [0.717, 1.165) is 5.56 Å². The van der Waals surface area contributed by atoms with Crippen molar-refractivity contribution in [2.45, 2.75) is 25.9 Å². The van der Waals surface area contributed by atoms with Crippen molar-refractivity contribution >= 4 is 12.0 Å². The first kappa shape index (κ1) is 14.7. The molecule has 7 heteroatoms. The highest BCUT2D eigenvalue weighted by atomic mass is 16.5. The topological polar surface area (TPSA) is 101 Å². The third-order valence-electron chi connectivity index (χ3n) is 2.47. The van der Waals surface area contributed by atoms with Gasteiger partial charge in [0.05, 0.1) is 7.11 Å². The molecule has 1 heterocycles. The Kier molecular flexibility index (Phi) is 5.59. The van der Waals surface area contributed by atoms with Gasteiger partial charge < -0.3 is 20.5 Å². The molecule has 1 aromatic heterocycles. The lowest BCUT2D eigenvalue weighted by Crippen LogP contribution is -2.45. The zero-order valence-electron chi connectivity index (χ0n) is 10.8. The van der Waals surface area contributed by atoms with E-state index in [1.54, 1.807) is 25.3 Å². The van der Waals surface area contributed by atoms with E-state index in [4.69, 9.17) is 9.84 Å². The van der Waals surface area contributed by atoms with Crippen LogP contribution in [0.2, 0.25) is 0 Å². The average molecular weight is 267 g/mol. The number of nitrogens with one attached hydrogen (secondary N) is 2. The summed E-state index contributed by atoms with van der Waals surface area (Å²) in [6, 6.07) is 2.04. The van der Waals surface area contributed by atoms with Crippen LogP contribution >= 0.6 is 0 Å². The van der Waals surface area contributed by atoms with Crippen molar-refractivity contribution in [3.8, 4) is 5.88 Å². The van der Waals surface area contributed by atoms with E-state index >= 15 is 0 Å². The molecule has 0 aliphatic heterocycles. The SMILES string of the molecule is CC[C@H](NC(=O)NCc1ccc(OC)nc1)C(=O)O. The Labute approximate surface area is 111 Å². The van der Waals surface area contributed by atoms with E-state index in [2.05, 4.69) is 15.6 Å². The lowest BCUT2D eigenvalue weighted by Gasteiger charge is -2.13. The minimum Gasteiger partial charge on any atom is -0.481 e. The van der Waals surface area contributed by atoms with E-state index < -0.39 is 18.0 Å². The summed E-state index contributed by atoms with van der Waals surface area (Å²) in [5.41, 5.74) is 0.791. The van der Waals surface area contributed by atoms with Gasteiger partial charge in [-0.3, -0.25) is 0 Å². The predicted octanol–water partition coefficient (Wildman–Crippen LogP) is 0.753. The maximum atomic E-state index is 11.5. The quantitative estimate of drug-likeness (QED) is 0.706. The number of urea groups is 1. The number of amides is 2. The molecule has 0 saturated carbocycles. The van der Waals surface area contributed by atoms with Gasteiger partial charge in [-0.15, -0.1) is 0 Å². The number of aliphatic carboxylic acids is 1. The minimum atomic E-state index is -1.05. The molecule has 104 valence electrons. The second kappa shape index (κ2) is 7.20. The molecule has 0 bridgehead atoms. The Morgan fingerprint density at radius 3 is 2.68 bits per heavy atom. The zero-order valence-corrected chi connectivity index (χ0v) is 10.8. The van der Waals surface area contributed by atoms with Gasteiger partial charge in [0.15, 0.2) is 0 Å². The summed E-state index contributed by atoms with van der Waals surface area (Å²) in [6.07, 6.45) is 1.90. The average Bonchev–Trinajstić information content (AvgIpc) is 2.42. The van der Waals surface area contributed by atoms with Gasteiger partial charge in [-0.1, -0.05) is 13.0 Å². The minimum absolute atomic E-state index is 0.263. The van der Waals surface area contributed by atoms with Crippen LogP contribution in [-0.2, 0) is 11.3 Å². The van der Waals surface area contributed by atoms with E-state index in [0.29, 0.717) is 12.3 Å². The van der Waals surface area contributed by atoms with Gasteiger partial charge >= 0.3 is 12.0 Å². The molecule has 0 aliphatic carbocycles. The fourth-order valence-electron chi connectivity index (χ4n) is 1.37. The Bertz CT molecular complexity index is 433. The van der Waals surface area contributed by atoms with Gasteiger partial charge in [0.2, 0.25) is 5.88 Å². The molecule has 19 heavy (non-hydrogen) atoms. The Morgan fingerprint density at radius 1 is 1.47 bits per heavy atom. The maximum Gasteiger partial charge on any atom is 0.326 e. The smallest absolute Gasteiger partial charge is 0.326 e. The Morgan fingerprint density at radius 2 is 2.21 bits per heavy atom. The normalized spacial score (nSPS) is 11.5. The van der Waals surface area contributed by atoms with Crippen molar-refractivity contribution in [3.05, 3.63) is 23.9 Å². The van der Waals surface area contributed by atoms with Crippen LogP contribution in [0.5, 0.6) is 5.88 Å². The molecule has 0 aliphatic rings. The molecular formula is C12H17N3O4. The van der Waals surface area contributed by atoms with Gasteiger partial charge in [0, 0.05) is 18.8 Å². The number of carboxylic acids is 1. The largest absolute Gasteiger partial charge is 0.481 e. The molecule has 0 spiro atoms. The number of pyridine rings is 1. The summed E-state index contributed by atoms with van der Waals surface area (Å²) in [7, 11) is 1.52. The molecule has 1 aromatic rings. The highest BCUT2D eigenvalue weighted by Crippen LogP contribution is 2.06. The fourth-order valence-corrected chi connectivity index (χ4v) is 1.37. The molecule has 0 aromatic carbocycles. The van der Waals surface area contributed by atoms with Crippen molar-refractivity contribution in [1.82, 2.24) is 15.6 Å². The molecule has 0 unspecified atom stereocenters. The number of carbonyl (C=O) groups is 2. The molecule has 1 rings (SSSR count). The van der Waals surface area contributed by atoms with Gasteiger partial charge in [-0.25, -0.2) is 14.6 Å². The van der Waals surface area contributed by atoms with Gasteiger partial charge in [0.25, 0.3) is 0 Å². The molecule has 0 saturated heterocycles. The summed E-state index contributed by atoms with van der Waals surface area (Å²) in [5, 5.41) is 13.7. The molecule has 7 nitrogen and oxygen atoms in total. The van der Waals surface area contributed by atoms with Crippen LogP contribution < -0.4 is 15.4 Å². The summed E-state index contributed by atoms with van der Waals surface area (Å²) >= 11 is 0. The third-order valence-corrected chi connectivity index (χ3v) is 2.47. The monoisotopic (exact) mass is 267 g/mol. The van der Waals surface area contributed by atoms with Crippen LogP contribution in [0.25, 0.3) is 0 Å². The van der Waals surface area contributed by atoms with Crippen LogP contribution in [0.15, 0.2) is 18.3 Å². The lowest BCUT2D eigenvalue weighted by molar-refractivity contribution is -0.139. The summed E-state index contributed by atoms with van der Waals surface area (Å²) in [4.78, 5) is 26.2. The third kappa shape index (κ3) is 4.82. The molecular weight excluding hydrogens is 250 g/mol. The van der Waals surface area contributed by atoms with Gasteiger partial charge in [-0.05, 0) is 12.0 Å². The number of carbonyl (C=O) groups excluding carboxylic acids is 1. The van der Waals surface area contributed by atoms with Crippen molar-refractivity contribution < 1.29 is 19.4 Å². The number of carboxylic acid groups (broad SMARTS) is 1. The Hall–Kier alpha value is -2.31.